The monoisotopic (exact) mass is 269 g/mol. The first-order valence-electron chi connectivity index (χ1n) is 6.49. The van der Waals surface area contributed by atoms with Gasteiger partial charge in [-0.1, -0.05) is 6.42 Å². The van der Waals surface area contributed by atoms with Crippen molar-refractivity contribution >= 4 is 24.0 Å². The quantitative estimate of drug-likeness (QED) is 0.850. The van der Waals surface area contributed by atoms with E-state index in [1.165, 1.54) is 44.3 Å². The summed E-state index contributed by atoms with van der Waals surface area (Å²) in [6.45, 7) is 0. The smallest absolute Gasteiger partial charge is 0.195 e. The minimum atomic E-state index is 0.586. The molecule has 94 valence electrons. The van der Waals surface area contributed by atoms with Crippen LogP contribution in [0.25, 0.3) is 0 Å². The normalized spacial score (nSPS) is 29.5. The maximum absolute atomic E-state index is 5.41. The molecule has 1 heterocycles. The second-order valence-corrected chi connectivity index (χ2v) is 6.73. The molecule has 1 aromatic rings. The lowest BCUT2D eigenvalue weighted by atomic mass is 9.94. The van der Waals surface area contributed by atoms with E-state index in [1.54, 1.807) is 0 Å². The Labute approximate surface area is 111 Å². The van der Waals surface area contributed by atoms with Crippen LogP contribution in [0, 0.1) is 4.77 Å². The number of thioether (sulfide) groups is 1. The number of aromatic amines is 1. The highest BCUT2D eigenvalue weighted by Crippen LogP contribution is 2.42. The zero-order chi connectivity index (χ0) is 11.8. The van der Waals surface area contributed by atoms with Crippen LogP contribution in [0.2, 0.25) is 0 Å². The van der Waals surface area contributed by atoms with Crippen molar-refractivity contribution in [1.29, 1.82) is 0 Å². The molecule has 0 bridgehead atoms. The lowest BCUT2D eigenvalue weighted by Gasteiger charge is -2.29. The van der Waals surface area contributed by atoms with E-state index in [2.05, 4.69) is 21.0 Å². The molecule has 2 fully saturated rings. The molecule has 0 spiro atoms. The van der Waals surface area contributed by atoms with Gasteiger partial charge in [-0.2, -0.15) is 16.9 Å². The molecule has 5 heteroatoms. The molecular weight excluding hydrogens is 250 g/mol. The van der Waals surface area contributed by atoms with E-state index in [1.807, 2.05) is 11.8 Å². The van der Waals surface area contributed by atoms with E-state index in [0.717, 1.165) is 10.0 Å². The molecule has 3 nitrogen and oxygen atoms in total. The van der Waals surface area contributed by atoms with Crippen molar-refractivity contribution in [2.45, 2.75) is 55.7 Å². The van der Waals surface area contributed by atoms with Crippen LogP contribution in [0.4, 0.5) is 0 Å². The molecule has 2 atom stereocenters. The fraction of sp³-hybridized carbons (Fsp3) is 0.833. The Morgan fingerprint density at radius 3 is 2.88 bits per heavy atom. The van der Waals surface area contributed by atoms with Gasteiger partial charge in [0, 0.05) is 17.2 Å². The first kappa shape index (κ1) is 11.8. The Morgan fingerprint density at radius 1 is 1.35 bits per heavy atom. The summed E-state index contributed by atoms with van der Waals surface area (Å²) in [6.07, 6.45) is 10.0. The highest BCUT2D eigenvalue weighted by molar-refractivity contribution is 7.99. The van der Waals surface area contributed by atoms with Crippen molar-refractivity contribution in [3.8, 4) is 0 Å². The molecule has 2 unspecified atom stereocenters. The summed E-state index contributed by atoms with van der Waals surface area (Å²) in [4.78, 5) is 0. The summed E-state index contributed by atoms with van der Waals surface area (Å²) in [5, 5.41) is 8.24. The molecule has 17 heavy (non-hydrogen) atoms. The Morgan fingerprint density at radius 2 is 2.18 bits per heavy atom. The van der Waals surface area contributed by atoms with Gasteiger partial charge in [0.05, 0.1) is 0 Å². The Bertz CT molecular complexity index is 447. The Balaban J connectivity index is 1.87. The molecule has 0 radical (unpaired) electrons. The number of aromatic nitrogens is 3. The lowest BCUT2D eigenvalue weighted by Crippen LogP contribution is -2.22. The van der Waals surface area contributed by atoms with E-state index in [0.29, 0.717) is 12.0 Å². The van der Waals surface area contributed by atoms with Gasteiger partial charge in [0.25, 0.3) is 0 Å². The first-order valence-corrected chi connectivity index (χ1v) is 8.19. The molecule has 0 aliphatic heterocycles. The third-order valence-corrected chi connectivity index (χ3v) is 5.35. The average molecular weight is 269 g/mol. The summed E-state index contributed by atoms with van der Waals surface area (Å²) in [6, 6.07) is 0.586. The fourth-order valence-corrected chi connectivity index (χ4v) is 3.97. The average Bonchev–Trinajstić information content (AvgIpc) is 3.13. The van der Waals surface area contributed by atoms with E-state index in [-0.39, 0.29) is 0 Å². The largest absolute Gasteiger partial charge is 0.301 e. The molecule has 0 aromatic carbocycles. The van der Waals surface area contributed by atoms with Gasteiger partial charge in [0.1, 0.15) is 5.82 Å². The number of rotatable bonds is 3. The summed E-state index contributed by atoms with van der Waals surface area (Å²) >= 11 is 7.42. The number of hydrogen-bond acceptors (Lipinski definition) is 3. The van der Waals surface area contributed by atoms with Gasteiger partial charge >= 0.3 is 0 Å². The summed E-state index contributed by atoms with van der Waals surface area (Å²) < 4.78 is 3.16. The number of nitrogens with zero attached hydrogens (tertiary/aromatic N) is 2. The molecule has 1 N–H and O–H groups in total. The SMILES string of the molecule is CSC1CCCC(n2c(C3CC3)n[nH]c2=S)C1. The number of H-pyrrole nitrogens is 1. The number of hydrogen-bond donors (Lipinski definition) is 1. The van der Waals surface area contributed by atoms with Gasteiger partial charge in [-0.15, -0.1) is 0 Å². The van der Waals surface area contributed by atoms with E-state index in [9.17, 15) is 0 Å². The maximum Gasteiger partial charge on any atom is 0.195 e. The first-order chi connectivity index (χ1) is 8.29. The lowest BCUT2D eigenvalue weighted by molar-refractivity contribution is 0.350. The number of nitrogens with one attached hydrogen (secondary N) is 1. The fourth-order valence-electron chi connectivity index (χ4n) is 2.87. The minimum Gasteiger partial charge on any atom is -0.301 e. The van der Waals surface area contributed by atoms with Gasteiger partial charge < -0.3 is 4.57 Å². The molecule has 2 aliphatic rings. The van der Waals surface area contributed by atoms with E-state index in [4.69, 9.17) is 12.2 Å². The third kappa shape index (κ3) is 2.32. The van der Waals surface area contributed by atoms with Crippen molar-refractivity contribution in [2.24, 2.45) is 0 Å². The van der Waals surface area contributed by atoms with Crippen LogP contribution in [0.3, 0.4) is 0 Å². The summed E-state index contributed by atoms with van der Waals surface area (Å²) in [5.41, 5.74) is 0. The van der Waals surface area contributed by atoms with Crippen molar-refractivity contribution in [3.05, 3.63) is 10.6 Å². The molecule has 0 saturated heterocycles. The van der Waals surface area contributed by atoms with Crippen molar-refractivity contribution in [1.82, 2.24) is 14.8 Å². The third-order valence-electron chi connectivity index (χ3n) is 3.97. The molecule has 3 rings (SSSR count). The van der Waals surface area contributed by atoms with Gasteiger partial charge in [-0.25, -0.2) is 0 Å². The van der Waals surface area contributed by atoms with Gasteiger partial charge in [-0.05, 0) is 50.6 Å². The van der Waals surface area contributed by atoms with E-state index < -0.39 is 0 Å². The molecule has 2 aliphatic carbocycles. The predicted octanol–water partition coefficient (Wildman–Crippen LogP) is 3.66. The van der Waals surface area contributed by atoms with Crippen molar-refractivity contribution in [2.75, 3.05) is 6.26 Å². The molecule has 0 amide bonds. The standard InChI is InChI=1S/C12H19N3S2/c1-17-10-4-2-3-9(7-10)15-11(8-5-6-8)13-14-12(15)16/h8-10H,2-7H2,1H3,(H,14,16). The zero-order valence-electron chi connectivity index (χ0n) is 10.2. The van der Waals surface area contributed by atoms with Crippen LogP contribution in [0.15, 0.2) is 0 Å². The minimum absolute atomic E-state index is 0.586. The second-order valence-electron chi connectivity index (χ2n) is 5.21. The van der Waals surface area contributed by atoms with Crippen molar-refractivity contribution in [3.63, 3.8) is 0 Å². The highest BCUT2D eigenvalue weighted by Gasteiger charge is 2.32. The van der Waals surface area contributed by atoms with Crippen LogP contribution in [-0.4, -0.2) is 26.3 Å². The topological polar surface area (TPSA) is 33.6 Å². The maximum atomic E-state index is 5.41. The highest BCUT2D eigenvalue weighted by atomic mass is 32.2. The summed E-state index contributed by atoms with van der Waals surface area (Å²) in [5.74, 6) is 1.90. The van der Waals surface area contributed by atoms with Crippen molar-refractivity contribution < 1.29 is 0 Å². The van der Waals surface area contributed by atoms with Crippen LogP contribution < -0.4 is 0 Å². The van der Waals surface area contributed by atoms with Gasteiger partial charge in [-0.3, -0.25) is 5.10 Å². The van der Waals surface area contributed by atoms with Gasteiger partial charge in [0.15, 0.2) is 4.77 Å². The van der Waals surface area contributed by atoms with Gasteiger partial charge in [0.2, 0.25) is 0 Å². The molecule has 2 saturated carbocycles. The van der Waals surface area contributed by atoms with Crippen LogP contribution in [-0.2, 0) is 0 Å². The Kier molecular flexibility index (Phi) is 3.30. The van der Waals surface area contributed by atoms with E-state index >= 15 is 0 Å². The molecular formula is C12H19N3S2. The Hall–Kier alpha value is -0.290. The van der Waals surface area contributed by atoms with Crippen LogP contribution in [0.5, 0.6) is 0 Å². The molecule has 1 aromatic heterocycles. The van der Waals surface area contributed by atoms with Crippen LogP contribution in [0.1, 0.15) is 56.3 Å². The zero-order valence-corrected chi connectivity index (χ0v) is 11.8. The summed E-state index contributed by atoms with van der Waals surface area (Å²) in [7, 11) is 0. The predicted molar refractivity (Wildman–Crippen MR) is 74.2 cm³/mol. The second kappa shape index (κ2) is 4.76. The van der Waals surface area contributed by atoms with Crippen LogP contribution >= 0.6 is 24.0 Å².